The lowest BCUT2D eigenvalue weighted by Crippen LogP contribution is -2.35. The molecule has 3 nitrogen and oxygen atoms in total. The highest BCUT2D eigenvalue weighted by Gasteiger charge is 1.99. The van der Waals surface area contributed by atoms with Gasteiger partial charge in [0, 0.05) is 6.54 Å². The van der Waals surface area contributed by atoms with Gasteiger partial charge in [-0.2, -0.15) is 0 Å². The Morgan fingerprint density at radius 2 is 1.93 bits per heavy atom. The Morgan fingerprint density at radius 3 is 2.53 bits per heavy atom. The van der Waals surface area contributed by atoms with Gasteiger partial charge < -0.3 is 10.6 Å². The molecule has 0 unspecified atom stereocenters. The highest BCUT2D eigenvalue weighted by Crippen LogP contribution is 1.95. The summed E-state index contributed by atoms with van der Waals surface area (Å²) in [5, 5.41) is 6.05. The zero-order valence-corrected chi connectivity index (χ0v) is 10.4. The minimum atomic E-state index is 0.120. The number of hydrogen-bond donors (Lipinski definition) is 2. The van der Waals surface area contributed by atoms with E-state index in [-0.39, 0.29) is 5.91 Å². The number of nitrogens with one attached hydrogen (secondary N) is 2. The fraction of sp³-hybridized carbons (Fsp3) is 0.917. The average Bonchev–Trinajstić information content (AvgIpc) is 2.19. The number of rotatable bonds is 9. The third-order valence-corrected chi connectivity index (χ3v) is 2.29. The number of carbonyl (C=O) groups excluding carboxylic acids is 1. The maximum atomic E-state index is 11.3. The molecule has 0 aliphatic rings. The summed E-state index contributed by atoms with van der Waals surface area (Å²) in [7, 11) is 0. The Morgan fingerprint density at radius 1 is 1.20 bits per heavy atom. The van der Waals surface area contributed by atoms with Gasteiger partial charge in [0.2, 0.25) is 5.91 Å². The van der Waals surface area contributed by atoms with Crippen LogP contribution in [0.2, 0.25) is 0 Å². The average molecular weight is 214 g/mol. The molecule has 3 heteroatoms. The first-order valence-electron chi connectivity index (χ1n) is 6.14. The number of unbranched alkanes of at least 4 members (excludes halogenated alkanes) is 2. The summed E-state index contributed by atoms with van der Waals surface area (Å²) in [6.45, 7) is 8.74. The lowest BCUT2D eigenvalue weighted by Gasteiger charge is -2.07. The summed E-state index contributed by atoms with van der Waals surface area (Å²) < 4.78 is 0. The number of amides is 1. The normalized spacial score (nSPS) is 10.7. The van der Waals surface area contributed by atoms with Crippen molar-refractivity contribution in [3.8, 4) is 0 Å². The Bertz CT molecular complexity index is 158. The minimum Gasteiger partial charge on any atom is -0.355 e. The predicted octanol–water partition coefficient (Wildman–Crippen LogP) is 1.93. The molecule has 1 amide bonds. The molecule has 0 heterocycles. The minimum absolute atomic E-state index is 0.120. The molecule has 0 atom stereocenters. The van der Waals surface area contributed by atoms with E-state index < -0.39 is 0 Å². The van der Waals surface area contributed by atoms with Crippen molar-refractivity contribution in [1.29, 1.82) is 0 Å². The molecule has 0 fully saturated rings. The lowest BCUT2D eigenvalue weighted by atomic mass is 10.1. The first-order valence-corrected chi connectivity index (χ1v) is 6.14. The summed E-state index contributed by atoms with van der Waals surface area (Å²) in [6, 6.07) is 0. The second-order valence-electron chi connectivity index (χ2n) is 4.42. The van der Waals surface area contributed by atoms with Crippen LogP contribution in [0.4, 0.5) is 0 Å². The fourth-order valence-electron chi connectivity index (χ4n) is 1.26. The van der Waals surface area contributed by atoms with Crippen molar-refractivity contribution in [2.75, 3.05) is 19.6 Å². The van der Waals surface area contributed by atoms with Gasteiger partial charge in [-0.15, -0.1) is 0 Å². The van der Waals surface area contributed by atoms with E-state index in [9.17, 15) is 4.79 Å². The van der Waals surface area contributed by atoms with Gasteiger partial charge in [0.15, 0.2) is 0 Å². The maximum Gasteiger partial charge on any atom is 0.233 e. The van der Waals surface area contributed by atoms with Crippen LogP contribution in [0.25, 0.3) is 0 Å². The lowest BCUT2D eigenvalue weighted by molar-refractivity contribution is -0.120. The van der Waals surface area contributed by atoms with Gasteiger partial charge >= 0.3 is 0 Å². The molecule has 0 rings (SSSR count). The molecule has 0 spiro atoms. The van der Waals surface area contributed by atoms with Crippen molar-refractivity contribution in [3.63, 3.8) is 0 Å². The zero-order valence-electron chi connectivity index (χ0n) is 10.4. The van der Waals surface area contributed by atoms with Crippen LogP contribution >= 0.6 is 0 Å². The fourth-order valence-corrected chi connectivity index (χ4v) is 1.26. The molecule has 0 aromatic heterocycles. The molecule has 2 N–H and O–H groups in total. The van der Waals surface area contributed by atoms with E-state index in [0.717, 1.165) is 25.9 Å². The zero-order chi connectivity index (χ0) is 11.5. The van der Waals surface area contributed by atoms with Crippen LogP contribution in [0.1, 0.15) is 46.5 Å². The monoisotopic (exact) mass is 214 g/mol. The van der Waals surface area contributed by atoms with Crippen LogP contribution in [0.3, 0.4) is 0 Å². The van der Waals surface area contributed by atoms with Gasteiger partial charge in [0.25, 0.3) is 0 Å². The molecule has 0 aliphatic heterocycles. The van der Waals surface area contributed by atoms with E-state index in [0.29, 0.717) is 12.5 Å². The highest BCUT2D eigenvalue weighted by molar-refractivity contribution is 5.77. The largest absolute Gasteiger partial charge is 0.355 e. The van der Waals surface area contributed by atoms with E-state index in [1.54, 1.807) is 0 Å². The predicted molar refractivity (Wildman–Crippen MR) is 64.9 cm³/mol. The van der Waals surface area contributed by atoms with E-state index in [1.165, 1.54) is 12.8 Å². The molecule has 15 heavy (non-hydrogen) atoms. The molecule has 0 aliphatic carbocycles. The molecular formula is C12H26N2O. The van der Waals surface area contributed by atoms with Gasteiger partial charge in [-0.25, -0.2) is 0 Å². The van der Waals surface area contributed by atoms with Crippen LogP contribution in [0, 0.1) is 5.92 Å². The molecule has 90 valence electrons. The van der Waals surface area contributed by atoms with Gasteiger partial charge in [-0.1, -0.05) is 33.6 Å². The van der Waals surface area contributed by atoms with Crippen molar-refractivity contribution in [1.82, 2.24) is 10.6 Å². The van der Waals surface area contributed by atoms with Gasteiger partial charge in [0.1, 0.15) is 0 Å². The third-order valence-electron chi connectivity index (χ3n) is 2.29. The van der Waals surface area contributed by atoms with Gasteiger partial charge in [0.05, 0.1) is 6.54 Å². The molecule has 0 saturated carbocycles. The Labute approximate surface area is 94.0 Å². The van der Waals surface area contributed by atoms with Crippen molar-refractivity contribution in [3.05, 3.63) is 0 Å². The van der Waals surface area contributed by atoms with Gasteiger partial charge in [-0.3, -0.25) is 4.79 Å². The van der Waals surface area contributed by atoms with E-state index in [4.69, 9.17) is 0 Å². The SMILES string of the molecule is CCCCCNC(=O)CNCCC(C)C. The Kier molecular flexibility index (Phi) is 9.59. The summed E-state index contributed by atoms with van der Waals surface area (Å²) in [4.78, 5) is 11.3. The molecule has 0 aromatic carbocycles. The van der Waals surface area contributed by atoms with Crippen LogP contribution in [-0.4, -0.2) is 25.5 Å². The van der Waals surface area contributed by atoms with Crippen LogP contribution < -0.4 is 10.6 Å². The Hall–Kier alpha value is -0.570. The molecule has 0 saturated heterocycles. The topological polar surface area (TPSA) is 41.1 Å². The quantitative estimate of drug-likeness (QED) is 0.576. The van der Waals surface area contributed by atoms with E-state index in [1.807, 2.05) is 0 Å². The summed E-state index contributed by atoms with van der Waals surface area (Å²) >= 11 is 0. The van der Waals surface area contributed by atoms with Crippen LogP contribution in [0.5, 0.6) is 0 Å². The Balaban J connectivity index is 3.19. The van der Waals surface area contributed by atoms with Crippen LogP contribution in [0.15, 0.2) is 0 Å². The second-order valence-corrected chi connectivity index (χ2v) is 4.42. The highest BCUT2D eigenvalue weighted by atomic mass is 16.1. The second kappa shape index (κ2) is 9.97. The summed E-state index contributed by atoms with van der Waals surface area (Å²) in [6.07, 6.45) is 4.61. The first-order chi connectivity index (χ1) is 7.16. The molecule has 0 aromatic rings. The van der Waals surface area contributed by atoms with Crippen molar-refractivity contribution < 1.29 is 4.79 Å². The first kappa shape index (κ1) is 14.4. The van der Waals surface area contributed by atoms with Crippen molar-refractivity contribution in [2.45, 2.75) is 46.5 Å². The van der Waals surface area contributed by atoms with Crippen LogP contribution in [-0.2, 0) is 4.79 Å². The van der Waals surface area contributed by atoms with E-state index >= 15 is 0 Å². The molecule has 0 bridgehead atoms. The van der Waals surface area contributed by atoms with E-state index in [2.05, 4.69) is 31.4 Å². The maximum absolute atomic E-state index is 11.3. The van der Waals surface area contributed by atoms with Crippen molar-refractivity contribution >= 4 is 5.91 Å². The molecule has 0 radical (unpaired) electrons. The van der Waals surface area contributed by atoms with Gasteiger partial charge in [-0.05, 0) is 25.3 Å². The number of carbonyl (C=O) groups is 1. The number of hydrogen-bond acceptors (Lipinski definition) is 2. The standard InChI is InChI=1S/C12H26N2O/c1-4-5-6-8-14-12(15)10-13-9-7-11(2)3/h11,13H,4-10H2,1-3H3,(H,14,15). The third kappa shape index (κ3) is 11.4. The summed E-state index contributed by atoms with van der Waals surface area (Å²) in [5.74, 6) is 0.819. The van der Waals surface area contributed by atoms with Crippen molar-refractivity contribution in [2.24, 2.45) is 5.92 Å². The smallest absolute Gasteiger partial charge is 0.233 e. The molecular weight excluding hydrogens is 188 g/mol. The summed E-state index contributed by atoms with van der Waals surface area (Å²) in [5.41, 5.74) is 0.